The SMILES string of the molecule is C[C@H](CCC(=O)O)[C@H]1CCC2C3C(O)C[C@H]4C[C@@H](NCCCCNCc5ccccn5)CC[C@]4(C)C3CC[C@@]21C. The number of hydrogen-bond acceptors (Lipinski definition) is 5. The highest BCUT2D eigenvalue weighted by Gasteiger charge is 2.62. The van der Waals surface area contributed by atoms with Crippen LogP contribution in [0, 0.1) is 46.3 Å². The molecule has 0 radical (unpaired) electrons. The number of aliphatic hydroxyl groups is 1. The van der Waals surface area contributed by atoms with E-state index in [1.807, 2.05) is 18.3 Å². The molecule has 4 fully saturated rings. The Morgan fingerprint density at radius 3 is 2.60 bits per heavy atom. The number of carboxylic acid groups (broad SMARTS) is 1. The van der Waals surface area contributed by atoms with E-state index in [-0.39, 0.29) is 17.9 Å². The van der Waals surface area contributed by atoms with Gasteiger partial charge >= 0.3 is 5.97 Å². The topological polar surface area (TPSA) is 94.5 Å². The lowest BCUT2D eigenvalue weighted by Gasteiger charge is -2.62. The molecule has 6 heteroatoms. The Morgan fingerprint density at radius 1 is 1.05 bits per heavy atom. The smallest absolute Gasteiger partial charge is 0.303 e. The number of pyridine rings is 1. The van der Waals surface area contributed by atoms with E-state index in [0.717, 1.165) is 38.2 Å². The Bertz CT molecular complexity index is 974. The number of nitrogens with zero attached hydrogens (tertiary/aromatic N) is 1. The van der Waals surface area contributed by atoms with Gasteiger partial charge in [0, 0.05) is 25.2 Å². The number of nitrogens with one attached hydrogen (secondary N) is 2. The van der Waals surface area contributed by atoms with Gasteiger partial charge in [-0.3, -0.25) is 9.78 Å². The van der Waals surface area contributed by atoms with Crippen molar-refractivity contribution in [2.24, 2.45) is 46.3 Å². The molecule has 0 aromatic carbocycles. The number of aliphatic carboxylic acids is 1. The highest BCUT2D eigenvalue weighted by atomic mass is 16.4. The van der Waals surface area contributed by atoms with Crippen molar-refractivity contribution in [2.45, 2.75) is 117 Å². The van der Waals surface area contributed by atoms with Gasteiger partial charge in [-0.15, -0.1) is 0 Å². The third-order valence-electron chi connectivity index (χ3n) is 12.5. The monoisotopic (exact) mass is 553 g/mol. The first-order valence-electron chi connectivity index (χ1n) is 16.5. The standard InChI is InChI=1S/C34H55N3O3/c1-23(9-12-31(39)40)27-10-11-28-32-29(14-16-34(27,28)3)33(2)15-13-25(20-24(33)21-30(32)38)36-19-7-6-17-35-22-26-8-4-5-18-37-26/h4-5,8,18,23-25,27-30,32,35-36,38H,6-7,9-17,19-22H2,1-3H3,(H,39,40)/t23-,24-,25+,27-,28?,29?,30?,32?,33+,34-/m1/s1. The minimum atomic E-state index is -0.671. The van der Waals surface area contributed by atoms with Crippen molar-refractivity contribution in [1.29, 1.82) is 0 Å². The van der Waals surface area contributed by atoms with Gasteiger partial charge in [-0.25, -0.2) is 0 Å². The summed E-state index contributed by atoms with van der Waals surface area (Å²) < 4.78 is 0. The van der Waals surface area contributed by atoms with Gasteiger partial charge in [-0.05, 0) is 142 Å². The van der Waals surface area contributed by atoms with E-state index in [2.05, 4.69) is 42.5 Å². The van der Waals surface area contributed by atoms with Crippen LogP contribution in [0.25, 0.3) is 0 Å². The first-order chi connectivity index (χ1) is 19.2. The zero-order valence-electron chi connectivity index (χ0n) is 25.3. The second-order valence-corrected chi connectivity index (χ2v) is 14.6. The Hall–Kier alpha value is -1.50. The summed E-state index contributed by atoms with van der Waals surface area (Å²) in [5.41, 5.74) is 1.71. The molecule has 4 aliphatic carbocycles. The summed E-state index contributed by atoms with van der Waals surface area (Å²) in [4.78, 5) is 15.6. The van der Waals surface area contributed by atoms with E-state index in [1.165, 1.54) is 57.8 Å². The van der Waals surface area contributed by atoms with Crippen molar-refractivity contribution < 1.29 is 15.0 Å². The summed E-state index contributed by atoms with van der Waals surface area (Å²) in [6.07, 6.45) is 14.8. The molecule has 4 N–H and O–H groups in total. The molecule has 0 amide bonds. The van der Waals surface area contributed by atoms with Crippen LogP contribution in [0.3, 0.4) is 0 Å². The fourth-order valence-electron chi connectivity index (χ4n) is 10.3. The van der Waals surface area contributed by atoms with Gasteiger partial charge in [0.2, 0.25) is 0 Å². The van der Waals surface area contributed by atoms with Gasteiger partial charge in [-0.1, -0.05) is 26.8 Å². The minimum Gasteiger partial charge on any atom is -0.481 e. The second-order valence-electron chi connectivity index (χ2n) is 14.6. The fraction of sp³-hybridized carbons (Fsp3) is 0.824. The summed E-state index contributed by atoms with van der Waals surface area (Å²) in [7, 11) is 0. The number of fused-ring (bicyclic) bond motifs is 5. The fourth-order valence-corrected chi connectivity index (χ4v) is 10.3. The zero-order chi connectivity index (χ0) is 28.3. The van der Waals surface area contributed by atoms with Crippen LogP contribution >= 0.6 is 0 Å². The third-order valence-corrected chi connectivity index (χ3v) is 12.5. The lowest BCUT2D eigenvalue weighted by Crippen LogP contribution is -2.59. The van der Waals surface area contributed by atoms with Crippen molar-refractivity contribution in [1.82, 2.24) is 15.6 Å². The van der Waals surface area contributed by atoms with Crippen LogP contribution in [-0.2, 0) is 11.3 Å². The summed E-state index contributed by atoms with van der Waals surface area (Å²) in [5, 5.41) is 28.3. The zero-order valence-corrected chi connectivity index (χ0v) is 25.3. The Morgan fingerprint density at radius 2 is 1.82 bits per heavy atom. The van der Waals surface area contributed by atoms with Gasteiger partial charge in [-0.2, -0.15) is 0 Å². The number of carboxylic acids is 1. The van der Waals surface area contributed by atoms with Crippen LogP contribution in [0.1, 0.15) is 104 Å². The summed E-state index contributed by atoms with van der Waals surface area (Å²) in [6.45, 7) is 10.3. The number of rotatable bonds is 12. The largest absolute Gasteiger partial charge is 0.481 e. The van der Waals surface area contributed by atoms with E-state index in [9.17, 15) is 15.0 Å². The first-order valence-corrected chi connectivity index (χ1v) is 16.5. The summed E-state index contributed by atoms with van der Waals surface area (Å²) >= 11 is 0. The van der Waals surface area contributed by atoms with Crippen molar-refractivity contribution in [2.75, 3.05) is 13.1 Å². The highest BCUT2D eigenvalue weighted by Crippen LogP contribution is 2.68. The number of unbranched alkanes of at least 4 members (excludes halogenated alkanes) is 1. The Kier molecular flexibility index (Phi) is 9.58. The predicted molar refractivity (Wildman–Crippen MR) is 160 cm³/mol. The number of aromatic nitrogens is 1. The van der Waals surface area contributed by atoms with E-state index in [0.29, 0.717) is 47.0 Å². The van der Waals surface area contributed by atoms with Crippen molar-refractivity contribution >= 4 is 5.97 Å². The highest BCUT2D eigenvalue weighted by molar-refractivity contribution is 5.66. The van der Waals surface area contributed by atoms with Crippen LogP contribution in [0.4, 0.5) is 0 Å². The molecule has 10 atom stereocenters. The maximum atomic E-state index is 11.7. The average molecular weight is 554 g/mol. The van der Waals surface area contributed by atoms with Crippen molar-refractivity contribution in [3.05, 3.63) is 30.1 Å². The molecule has 4 unspecified atom stereocenters. The van der Waals surface area contributed by atoms with E-state index < -0.39 is 5.97 Å². The van der Waals surface area contributed by atoms with E-state index in [1.54, 1.807) is 0 Å². The number of carbonyl (C=O) groups is 1. The molecule has 0 spiro atoms. The molecule has 224 valence electrons. The molecule has 1 aromatic rings. The lowest BCUT2D eigenvalue weighted by molar-refractivity contribution is -0.167. The molecule has 6 nitrogen and oxygen atoms in total. The molecule has 4 aliphatic rings. The third kappa shape index (κ3) is 6.15. The molecule has 0 saturated heterocycles. The molecule has 0 aliphatic heterocycles. The van der Waals surface area contributed by atoms with Crippen molar-refractivity contribution in [3.8, 4) is 0 Å². The molecule has 5 rings (SSSR count). The van der Waals surface area contributed by atoms with Crippen molar-refractivity contribution in [3.63, 3.8) is 0 Å². The molecule has 40 heavy (non-hydrogen) atoms. The van der Waals surface area contributed by atoms with E-state index in [4.69, 9.17) is 0 Å². The lowest BCUT2D eigenvalue weighted by atomic mass is 9.43. The summed E-state index contributed by atoms with van der Waals surface area (Å²) in [5.74, 6) is 2.66. The quantitative estimate of drug-likeness (QED) is 0.236. The van der Waals surface area contributed by atoms with Gasteiger partial charge in [0.05, 0.1) is 11.8 Å². The number of hydrogen-bond donors (Lipinski definition) is 4. The van der Waals surface area contributed by atoms with Gasteiger partial charge in [0.25, 0.3) is 0 Å². The molecule has 0 bridgehead atoms. The van der Waals surface area contributed by atoms with Gasteiger partial charge in [0.15, 0.2) is 0 Å². The maximum Gasteiger partial charge on any atom is 0.303 e. The average Bonchev–Trinajstić information content (AvgIpc) is 3.29. The van der Waals surface area contributed by atoms with Crippen LogP contribution < -0.4 is 10.6 Å². The molecule has 4 saturated carbocycles. The van der Waals surface area contributed by atoms with Crippen LogP contribution in [0.15, 0.2) is 24.4 Å². The molecule has 1 aromatic heterocycles. The molecular formula is C34H55N3O3. The number of aliphatic hydroxyl groups excluding tert-OH is 1. The Labute approximate surface area is 242 Å². The second kappa shape index (κ2) is 12.8. The Balaban J connectivity index is 1.10. The molecular weight excluding hydrogens is 498 g/mol. The van der Waals surface area contributed by atoms with Crippen LogP contribution in [0.5, 0.6) is 0 Å². The van der Waals surface area contributed by atoms with E-state index >= 15 is 0 Å². The van der Waals surface area contributed by atoms with Crippen LogP contribution in [0.2, 0.25) is 0 Å². The predicted octanol–water partition coefficient (Wildman–Crippen LogP) is 6.04. The minimum absolute atomic E-state index is 0.176. The van der Waals surface area contributed by atoms with Gasteiger partial charge in [0.1, 0.15) is 0 Å². The van der Waals surface area contributed by atoms with Crippen LogP contribution in [-0.4, -0.2) is 46.4 Å². The summed E-state index contributed by atoms with van der Waals surface area (Å²) in [6, 6.07) is 6.65. The normalized spacial score (nSPS) is 39.6. The maximum absolute atomic E-state index is 11.7. The first kappa shape index (κ1) is 30.0. The van der Waals surface area contributed by atoms with Gasteiger partial charge < -0.3 is 20.8 Å². The molecule has 1 heterocycles.